The van der Waals surface area contributed by atoms with Gasteiger partial charge in [-0.25, -0.2) is 4.98 Å². The van der Waals surface area contributed by atoms with Gasteiger partial charge in [-0.2, -0.15) is 0 Å². The van der Waals surface area contributed by atoms with Crippen molar-refractivity contribution in [2.24, 2.45) is 0 Å². The van der Waals surface area contributed by atoms with Gasteiger partial charge in [0.2, 0.25) is 0 Å². The standard InChI is InChI=1S/C8H12BrNO2S/c1-5-4-10-8(13-5)7(12)6(11)2-3-9/h4,6-7,11-12H,2-3H2,1H3. The number of aliphatic hydroxyl groups excluding tert-OH is 2. The molecule has 0 amide bonds. The van der Waals surface area contributed by atoms with Crippen LogP contribution in [0.5, 0.6) is 0 Å². The van der Waals surface area contributed by atoms with Crippen molar-refractivity contribution in [3.05, 3.63) is 16.1 Å². The van der Waals surface area contributed by atoms with E-state index in [9.17, 15) is 10.2 Å². The molecule has 74 valence electrons. The third-order valence-electron chi connectivity index (χ3n) is 1.66. The molecule has 0 radical (unpaired) electrons. The van der Waals surface area contributed by atoms with Crippen LogP contribution in [0.25, 0.3) is 0 Å². The van der Waals surface area contributed by atoms with E-state index < -0.39 is 12.2 Å². The molecule has 0 spiro atoms. The molecule has 5 heteroatoms. The highest BCUT2D eigenvalue weighted by Gasteiger charge is 2.20. The lowest BCUT2D eigenvalue weighted by molar-refractivity contribution is 0.0172. The highest BCUT2D eigenvalue weighted by molar-refractivity contribution is 9.09. The molecular formula is C8H12BrNO2S. The molecule has 2 unspecified atom stereocenters. The zero-order valence-corrected chi connectivity index (χ0v) is 9.68. The van der Waals surface area contributed by atoms with E-state index in [1.54, 1.807) is 6.20 Å². The first-order valence-electron chi connectivity index (χ1n) is 3.99. The molecule has 13 heavy (non-hydrogen) atoms. The number of nitrogens with zero attached hydrogens (tertiary/aromatic N) is 1. The molecule has 1 heterocycles. The number of aryl methyl sites for hydroxylation is 1. The zero-order chi connectivity index (χ0) is 9.84. The average molecular weight is 266 g/mol. The monoisotopic (exact) mass is 265 g/mol. The maximum atomic E-state index is 9.61. The minimum absolute atomic E-state index is 0.528. The van der Waals surface area contributed by atoms with Gasteiger partial charge in [-0.05, 0) is 13.3 Å². The highest BCUT2D eigenvalue weighted by atomic mass is 79.9. The minimum Gasteiger partial charge on any atom is -0.390 e. The summed E-state index contributed by atoms with van der Waals surface area (Å²) in [5, 5.41) is 20.3. The van der Waals surface area contributed by atoms with E-state index in [1.807, 2.05) is 6.92 Å². The fraction of sp³-hybridized carbons (Fsp3) is 0.625. The van der Waals surface area contributed by atoms with Crippen molar-refractivity contribution in [3.63, 3.8) is 0 Å². The summed E-state index contributed by atoms with van der Waals surface area (Å²) in [6, 6.07) is 0. The second-order valence-electron chi connectivity index (χ2n) is 2.80. The lowest BCUT2D eigenvalue weighted by atomic mass is 10.2. The molecule has 0 saturated carbocycles. The molecule has 0 bridgehead atoms. The fourth-order valence-electron chi connectivity index (χ4n) is 0.943. The summed E-state index contributed by atoms with van der Waals surface area (Å²) in [4.78, 5) is 5.05. The van der Waals surface area contributed by atoms with Crippen LogP contribution in [0.4, 0.5) is 0 Å². The van der Waals surface area contributed by atoms with Crippen LogP contribution in [0.3, 0.4) is 0 Å². The van der Waals surface area contributed by atoms with Crippen molar-refractivity contribution in [2.45, 2.75) is 25.6 Å². The number of aliphatic hydroxyl groups is 2. The van der Waals surface area contributed by atoms with Gasteiger partial charge in [0, 0.05) is 16.4 Å². The summed E-state index contributed by atoms with van der Waals surface area (Å²) >= 11 is 4.62. The lowest BCUT2D eigenvalue weighted by Crippen LogP contribution is -2.18. The molecule has 3 nitrogen and oxygen atoms in total. The molecule has 1 rings (SSSR count). The predicted molar refractivity (Wildman–Crippen MR) is 56.2 cm³/mol. The van der Waals surface area contributed by atoms with Crippen LogP contribution in [-0.4, -0.2) is 26.6 Å². The highest BCUT2D eigenvalue weighted by Crippen LogP contribution is 2.23. The van der Waals surface area contributed by atoms with E-state index in [0.717, 1.165) is 4.88 Å². The van der Waals surface area contributed by atoms with Crippen molar-refractivity contribution in [3.8, 4) is 0 Å². The van der Waals surface area contributed by atoms with E-state index in [-0.39, 0.29) is 0 Å². The topological polar surface area (TPSA) is 53.4 Å². The molecule has 2 atom stereocenters. The smallest absolute Gasteiger partial charge is 0.131 e. The maximum Gasteiger partial charge on any atom is 0.131 e. The third-order valence-corrected chi connectivity index (χ3v) is 3.10. The Morgan fingerprint density at radius 3 is 2.77 bits per heavy atom. The van der Waals surface area contributed by atoms with Crippen molar-refractivity contribution in [1.82, 2.24) is 4.98 Å². The van der Waals surface area contributed by atoms with Gasteiger partial charge in [-0.15, -0.1) is 11.3 Å². The van der Waals surface area contributed by atoms with Gasteiger partial charge in [0.05, 0.1) is 6.10 Å². The lowest BCUT2D eigenvalue weighted by Gasteiger charge is -2.13. The summed E-state index contributed by atoms with van der Waals surface area (Å²) in [5.41, 5.74) is 0. The molecule has 0 aliphatic carbocycles. The molecular weight excluding hydrogens is 254 g/mol. The number of thiazole rings is 1. The van der Waals surface area contributed by atoms with Crippen LogP contribution < -0.4 is 0 Å². The number of rotatable bonds is 4. The maximum absolute atomic E-state index is 9.61. The van der Waals surface area contributed by atoms with Crippen LogP contribution in [0.15, 0.2) is 6.20 Å². The largest absolute Gasteiger partial charge is 0.390 e. The van der Waals surface area contributed by atoms with Gasteiger partial charge in [0.25, 0.3) is 0 Å². The number of hydrogen-bond acceptors (Lipinski definition) is 4. The SMILES string of the molecule is Cc1cnc(C(O)C(O)CCBr)s1. The normalized spacial score (nSPS) is 15.7. The van der Waals surface area contributed by atoms with Gasteiger partial charge in [-0.3, -0.25) is 0 Å². The fourth-order valence-corrected chi connectivity index (χ4v) is 2.23. The van der Waals surface area contributed by atoms with Crippen molar-refractivity contribution < 1.29 is 10.2 Å². The second kappa shape index (κ2) is 5.05. The number of halogens is 1. The minimum atomic E-state index is -0.851. The van der Waals surface area contributed by atoms with Crippen LogP contribution in [0.2, 0.25) is 0 Å². The van der Waals surface area contributed by atoms with Crippen molar-refractivity contribution >= 4 is 27.3 Å². The Labute approximate surface area is 89.6 Å². The van der Waals surface area contributed by atoms with Gasteiger partial charge >= 0.3 is 0 Å². The van der Waals surface area contributed by atoms with Crippen LogP contribution in [0.1, 0.15) is 22.4 Å². The quantitative estimate of drug-likeness (QED) is 0.814. The Bertz CT molecular complexity index is 266. The first-order valence-corrected chi connectivity index (χ1v) is 5.93. The molecule has 0 aliphatic rings. The molecule has 0 aromatic carbocycles. The van der Waals surface area contributed by atoms with Crippen molar-refractivity contribution in [1.29, 1.82) is 0 Å². The van der Waals surface area contributed by atoms with Gasteiger partial charge in [-0.1, -0.05) is 15.9 Å². The van der Waals surface area contributed by atoms with E-state index in [1.165, 1.54) is 11.3 Å². The summed E-state index contributed by atoms with van der Waals surface area (Å²) < 4.78 is 0. The Morgan fingerprint density at radius 1 is 1.62 bits per heavy atom. The summed E-state index contributed by atoms with van der Waals surface area (Å²) in [7, 11) is 0. The van der Waals surface area contributed by atoms with E-state index in [0.29, 0.717) is 16.8 Å². The Morgan fingerprint density at radius 2 is 2.31 bits per heavy atom. The first kappa shape index (κ1) is 11.1. The van der Waals surface area contributed by atoms with Gasteiger partial charge in [0.15, 0.2) is 0 Å². The second-order valence-corrected chi connectivity index (χ2v) is 4.86. The first-order chi connectivity index (χ1) is 6.15. The summed E-state index contributed by atoms with van der Waals surface area (Å²) in [6.07, 6.45) is 0.644. The van der Waals surface area contributed by atoms with Crippen molar-refractivity contribution in [2.75, 3.05) is 5.33 Å². The predicted octanol–water partition coefficient (Wildman–Crippen LogP) is 1.63. The van der Waals surface area contributed by atoms with E-state index >= 15 is 0 Å². The molecule has 0 saturated heterocycles. The number of hydrogen-bond donors (Lipinski definition) is 2. The molecule has 2 N–H and O–H groups in total. The Hall–Kier alpha value is 0.0300. The summed E-state index contributed by atoms with van der Waals surface area (Å²) in [6.45, 7) is 1.92. The molecule has 0 fully saturated rings. The van der Waals surface area contributed by atoms with Gasteiger partial charge < -0.3 is 10.2 Å². The molecule has 1 aromatic rings. The Balaban J connectivity index is 2.61. The molecule has 0 aliphatic heterocycles. The molecule has 1 aromatic heterocycles. The van der Waals surface area contributed by atoms with Gasteiger partial charge in [0.1, 0.15) is 11.1 Å². The van der Waals surface area contributed by atoms with Crippen LogP contribution in [-0.2, 0) is 0 Å². The Kier molecular flexibility index (Phi) is 4.31. The number of alkyl halides is 1. The van der Waals surface area contributed by atoms with E-state index in [4.69, 9.17) is 0 Å². The van der Waals surface area contributed by atoms with Crippen LogP contribution >= 0.6 is 27.3 Å². The van der Waals surface area contributed by atoms with Crippen LogP contribution in [0, 0.1) is 6.92 Å². The number of aromatic nitrogens is 1. The third kappa shape index (κ3) is 3.02. The zero-order valence-electron chi connectivity index (χ0n) is 7.27. The summed E-state index contributed by atoms with van der Waals surface area (Å²) in [5.74, 6) is 0. The van der Waals surface area contributed by atoms with E-state index in [2.05, 4.69) is 20.9 Å². The average Bonchev–Trinajstić information content (AvgIpc) is 2.51.